The highest BCUT2D eigenvalue weighted by molar-refractivity contribution is 7.93. The van der Waals surface area contributed by atoms with Crippen molar-refractivity contribution in [2.45, 2.75) is 17.9 Å². The van der Waals surface area contributed by atoms with Crippen LogP contribution >= 0.6 is 23.2 Å². The van der Waals surface area contributed by atoms with Gasteiger partial charge in [-0.25, -0.2) is 13.4 Å². The molecule has 10 heteroatoms. The van der Waals surface area contributed by atoms with E-state index in [0.717, 1.165) is 0 Å². The summed E-state index contributed by atoms with van der Waals surface area (Å²) < 4.78 is 29.9. The normalized spacial score (nSPS) is 11.2. The monoisotopic (exact) mass is 452 g/mol. The molecule has 3 aromatic rings. The summed E-state index contributed by atoms with van der Waals surface area (Å²) in [5.74, 6) is -0.390. The number of sulfonamides is 1. The van der Waals surface area contributed by atoms with Crippen LogP contribution in [0.4, 0.5) is 5.69 Å². The largest absolute Gasteiger partial charge is 0.352 e. The topological polar surface area (TPSA) is 93.1 Å². The summed E-state index contributed by atoms with van der Waals surface area (Å²) in [5.41, 5.74) is 0.331. The second kappa shape index (κ2) is 9.30. The first-order valence-electron chi connectivity index (χ1n) is 8.68. The number of nitrogens with zero attached hydrogens (tertiary/aromatic N) is 2. The Balaban J connectivity index is 1.72. The molecular formula is C19H18Cl2N4O3S. The number of aryl methyl sites for hydroxylation is 1. The molecule has 0 aliphatic rings. The van der Waals surface area contributed by atoms with Crippen LogP contribution in [0.3, 0.4) is 0 Å². The van der Waals surface area contributed by atoms with Crippen LogP contribution in [0.5, 0.6) is 0 Å². The van der Waals surface area contributed by atoms with Gasteiger partial charge >= 0.3 is 0 Å². The first-order valence-corrected chi connectivity index (χ1v) is 10.9. The van der Waals surface area contributed by atoms with Gasteiger partial charge in [0.2, 0.25) is 0 Å². The molecule has 0 radical (unpaired) electrons. The number of hydrogen-bond acceptors (Lipinski definition) is 4. The van der Waals surface area contributed by atoms with Gasteiger partial charge in [-0.2, -0.15) is 0 Å². The smallest absolute Gasteiger partial charge is 0.264 e. The van der Waals surface area contributed by atoms with Gasteiger partial charge in [-0.3, -0.25) is 9.52 Å². The molecule has 0 aliphatic heterocycles. The summed E-state index contributed by atoms with van der Waals surface area (Å²) in [6.45, 7) is 1.13. The molecule has 0 saturated carbocycles. The number of rotatable bonds is 8. The van der Waals surface area contributed by atoms with E-state index in [0.29, 0.717) is 19.5 Å². The number of para-hydroxylation sites is 1. The van der Waals surface area contributed by atoms with Crippen molar-refractivity contribution in [3.05, 3.63) is 76.8 Å². The molecule has 0 unspecified atom stereocenters. The quantitative estimate of drug-likeness (QED) is 0.508. The van der Waals surface area contributed by atoms with Crippen molar-refractivity contribution in [3.8, 4) is 0 Å². The molecule has 7 nitrogen and oxygen atoms in total. The highest BCUT2D eigenvalue weighted by atomic mass is 35.5. The molecule has 2 N–H and O–H groups in total. The molecule has 0 aliphatic carbocycles. The fourth-order valence-corrected chi connectivity index (χ4v) is 4.91. The summed E-state index contributed by atoms with van der Waals surface area (Å²) in [4.78, 5) is 16.3. The van der Waals surface area contributed by atoms with Crippen LogP contribution in [0.15, 0.2) is 66.1 Å². The van der Waals surface area contributed by atoms with E-state index in [1.54, 1.807) is 30.7 Å². The van der Waals surface area contributed by atoms with Crippen molar-refractivity contribution in [1.29, 1.82) is 0 Å². The molecule has 3 rings (SSSR count). The lowest BCUT2D eigenvalue weighted by molar-refractivity contribution is 0.0953. The van der Waals surface area contributed by atoms with Gasteiger partial charge in [-0.15, -0.1) is 0 Å². The van der Waals surface area contributed by atoms with Crippen LogP contribution < -0.4 is 10.0 Å². The average molecular weight is 453 g/mol. The highest BCUT2D eigenvalue weighted by Gasteiger charge is 2.23. The standard InChI is InChI=1S/C19H18Cl2N4O3S/c20-15-6-3-7-16(21)18(15)29(27,28)24-17-8-2-1-5-14(17)19(26)23-9-4-11-25-12-10-22-13-25/h1-3,5-8,10,12-13,24H,4,9,11H2,(H,23,26). The number of benzene rings is 2. The Hall–Kier alpha value is -2.55. The third-order valence-corrected chi connectivity index (χ3v) is 6.36. The number of anilines is 1. The van der Waals surface area contributed by atoms with Crippen molar-refractivity contribution in [2.24, 2.45) is 0 Å². The lowest BCUT2D eigenvalue weighted by atomic mass is 10.1. The number of imidazole rings is 1. The maximum absolute atomic E-state index is 12.8. The Bertz CT molecular complexity index is 1080. The summed E-state index contributed by atoms with van der Waals surface area (Å²) in [6.07, 6.45) is 5.93. The molecule has 0 bridgehead atoms. The van der Waals surface area contributed by atoms with Gasteiger partial charge in [0.1, 0.15) is 4.90 Å². The molecule has 0 spiro atoms. The van der Waals surface area contributed by atoms with Crippen LogP contribution in [-0.2, 0) is 16.6 Å². The van der Waals surface area contributed by atoms with Crippen molar-refractivity contribution in [3.63, 3.8) is 0 Å². The Kier molecular flexibility index (Phi) is 6.79. The van der Waals surface area contributed by atoms with E-state index in [9.17, 15) is 13.2 Å². The zero-order valence-corrected chi connectivity index (χ0v) is 17.5. The number of amides is 1. The van der Waals surface area contributed by atoms with Gasteiger partial charge in [0.05, 0.1) is 27.6 Å². The SMILES string of the molecule is O=C(NCCCn1ccnc1)c1ccccc1NS(=O)(=O)c1c(Cl)cccc1Cl. The summed E-state index contributed by atoms with van der Waals surface area (Å²) >= 11 is 12.0. The van der Waals surface area contributed by atoms with Gasteiger partial charge in [0.15, 0.2) is 0 Å². The van der Waals surface area contributed by atoms with Crippen LogP contribution in [0.25, 0.3) is 0 Å². The number of nitrogens with one attached hydrogen (secondary N) is 2. The minimum Gasteiger partial charge on any atom is -0.352 e. The Morgan fingerprint density at radius 1 is 1.07 bits per heavy atom. The summed E-state index contributed by atoms with van der Waals surface area (Å²) in [7, 11) is -4.09. The Morgan fingerprint density at radius 2 is 1.79 bits per heavy atom. The minimum absolute atomic E-state index is 0.00793. The van der Waals surface area contributed by atoms with Gasteiger partial charge in [-0.05, 0) is 30.7 Å². The van der Waals surface area contributed by atoms with Crippen molar-refractivity contribution >= 4 is 44.8 Å². The molecule has 0 atom stereocenters. The Labute approximate surface area is 178 Å². The summed E-state index contributed by atoms with van der Waals surface area (Å²) in [5, 5.41) is 2.77. The van der Waals surface area contributed by atoms with Crippen molar-refractivity contribution in [1.82, 2.24) is 14.9 Å². The van der Waals surface area contributed by atoms with Gasteiger partial charge < -0.3 is 9.88 Å². The first kappa shape index (κ1) is 21.2. The number of aromatic nitrogens is 2. The van der Waals surface area contributed by atoms with Crippen LogP contribution in [-0.4, -0.2) is 30.4 Å². The number of halogens is 2. The van der Waals surface area contributed by atoms with E-state index in [1.165, 1.54) is 24.3 Å². The number of carbonyl (C=O) groups is 1. The van der Waals surface area contributed by atoms with Crippen LogP contribution in [0.1, 0.15) is 16.8 Å². The third-order valence-electron chi connectivity index (χ3n) is 4.04. The van der Waals surface area contributed by atoms with E-state index in [4.69, 9.17) is 23.2 Å². The maximum Gasteiger partial charge on any atom is 0.264 e. The Morgan fingerprint density at radius 3 is 2.48 bits per heavy atom. The average Bonchev–Trinajstić information content (AvgIpc) is 3.18. The zero-order chi connectivity index (χ0) is 20.9. The van der Waals surface area contributed by atoms with E-state index < -0.39 is 10.0 Å². The molecule has 1 heterocycles. The molecule has 1 amide bonds. The molecule has 29 heavy (non-hydrogen) atoms. The van der Waals surface area contributed by atoms with E-state index in [-0.39, 0.29) is 32.1 Å². The molecule has 0 saturated heterocycles. The molecular weight excluding hydrogens is 435 g/mol. The van der Waals surface area contributed by atoms with E-state index in [2.05, 4.69) is 15.0 Å². The second-order valence-corrected chi connectivity index (χ2v) is 8.55. The molecule has 152 valence electrons. The lowest BCUT2D eigenvalue weighted by Crippen LogP contribution is -2.27. The molecule has 1 aromatic heterocycles. The van der Waals surface area contributed by atoms with Crippen LogP contribution in [0, 0.1) is 0 Å². The van der Waals surface area contributed by atoms with Gasteiger partial charge in [0.25, 0.3) is 15.9 Å². The highest BCUT2D eigenvalue weighted by Crippen LogP contribution is 2.31. The summed E-state index contributed by atoms with van der Waals surface area (Å²) in [6, 6.07) is 10.7. The van der Waals surface area contributed by atoms with Gasteiger partial charge in [0, 0.05) is 25.5 Å². The zero-order valence-electron chi connectivity index (χ0n) is 15.2. The van der Waals surface area contributed by atoms with Crippen molar-refractivity contribution < 1.29 is 13.2 Å². The van der Waals surface area contributed by atoms with Crippen molar-refractivity contribution in [2.75, 3.05) is 11.3 Å². The third kappa shape index (κ3) is 5.29. The number of hydrogen-bond donors (Lipinski definition) is 2. The van der Waals surface area contributed by atoms with E-state index >= 15 is 0 Å². The second-order valence-electron chi connectivity index (χ2n) is 6.11. The maximum atomic E-state index is 12.8. The van der Waals surface area contributed by atoms with Gasteiger partial charge in [-0.1, -0.05) is 41.4 Å². The predicted octanol–water partition coefficient (Wildman–Crippen LogP) is 3.81. The number of carbonyl (C=O) groups excluding carboxylic acids is 1. The molecule has 0 fully saturated rings. The fourth-order valence-electron chi connectivity index (χ4n) is 2.68. The minimum atomic E-state index is -4.09. The van der Waals surface area contributed by atoms with Crippen LogP contribution in [0.2, 0.25) is 10.0 Å². The molecule has 2 aromatic carbocycles. The predicted molar refractivity (Wildman–Crippen MR) is 113 cm³/mol. The van der Waals surface area contributed by atoms with E-state index in [1.807, 2.05) is 10.8 Å². The fraction of sp³-hybridized carbons (Fsp3) is 0.158. The lowest BCUT2D eigenvalue weighted by Gasteiger charge is -2.14. The first-order chi connectivity index (χ1) is 13.9.